The van der Waals surface area contributed by atoms with E-state index in [2.05, 4.69) is 0 Å². The number of hydrogen-bond acceptors (Lipinski definition) is 2. The smallest absolute Gasteiger partial charge is 0.306 e. The van der Waals surface area contributed by atoms with E-state index in [1.807, 2.05) is 0 Å². The Morgan fingerprint density at radius 1 is 1.21 bits per heavy atom. The maximum atomic E-state index is 12.7. The Balaban J connectivity index is 1.88. The molecule has 0 saturated carbocycles. The van der Waals surface area contributed by atoms with Gasteiger partial charge in [-0.3, -0.25) is 9.59 Å². The van der Waals surface area contributed by atoms with E-state index in [4.69, 9.17) is 5.11 Å². The van der Waals surface area contributed by atoms with E-state index in [0.29, 0.717) is 25.9 Å². The maximum absolute atomic E-state index is 12.7. The third-order valence-electron chi connectivity index (χ3n) is 3.47. The van der Waals surface area contributed by atoms with Gasteiger partial charge in [-0.25, -0.2) is 4.39 Å². The third-order valence-corrected chi connectivity index (χ3v) is 3.47. The summed E-state index contributed by atoms with van der Waals surface area (Å²) in [5, 5.41) is 8.89. The Morgan fingerprint density at radius 3 is 2.32 bits per heavy atom. The molecule has 0 spiro atoms. The van der Waals surface area contributed by atoms with Gasteiger partial charge in [0, 0.05) is 13.1 Å². The molecule has 1 aromatic carbocycles. The standard InChI is InChI=1S/C14H16FNO3/c15-12-3-1-10(2-4-12)9-13(17)16-7-5-11(6-8-16)14(18)19/h1-4,11H,5-9H2,(H,18,19). The molecular weight excluding hydrogens is 249 g/mol. The molecule has 0 aliphatic carbocycles. The van der Waals surface area contributed by atoms with Gasteiger partial charge in [0.1, 0.15) is 5.82 Å². The summed E-state index contributed by atoms with van der Waals surface area (Å²) in [6.07, 6.45) is 1.24. The summed E-state index contributed by atoms with van der Waals surface area (Å²) in [6.45, 7) is 0.966. The highest BCUT2D eigenvalue weighted by molar-refractivity contribution is 5.79. The molecule has 0 unspecified atom stereocenters. The van der Waals surface area contributed by atoms with Crippen molar-refractivity contribution < 1.29 is 19.1 Å². The number of hydrogen-bond donors (Lipinski definition) is 1. The highest BCUT2D eigenvalue weighted by atomic mass is 19.1. The van der Waals surface area contributed by atoms with Crippen LogP contribution in [-0.2, 0) is 16.0 Å². The van der Waals surface area contributed by atoms with Crippen molar-refractivity contribution in [2.24, 2.45) is 5.92 Å². The van der Waals surface area contributed by atoms with E-state index >= 15 is 0 Å². The normalized spacial score (nSPS) is 16.4. The summed E-state index contributed by atoms with van der Waals surface area (Å²) < 4.78 is 12.7. The van der Waals surface area contributed by atoms with Crippen LogP contribution in [0.1, 0.15) is 18.4 Å². The molecule has 0 atom stereocenters. The van der Waals surface area contributed by atoms with Crippen LogP contribution in [0, 0.1) is 11.7 Å². The van der Waals surface area contributed by atoms with E-state index in [0.717, 1.165) is 5.56 Å². The van der Waals surface area contributed by atoms with Crippen molar-refractivity contribution >= 4 is 11.9 Å². The molecule has 1 fully saturated rings. The number of benzene rings is 1. The second kappa shape index (κ2) is 5.82. The Labute approximate surface area is 110 Å². The average molecular weight is 265 g/mol. The minimum Gasteiger partial charge on any atom is -0.481 e. The van der Waals surface area contributed by atoms with Crippen molar-refractivity contribution in [1.82, 2.24) is 4.90 Å². The zero-order valence-corrected chi connectivity index (χ0v) is 10.5. The molecule has 2 rings (SSSR count). The molecule has 1 aliphatic rings. The molecule has 4 nitrogen and oxygen atoms in total. The monoisotopic (exact) mass is 265 g/mol. The van der Waals surface area contributed by atoms with Crippen LogP contribution in [0.25, 0.3) is 0 Å². The van der Waals surface area contributed by atoms with Gasteiger partial charge < -0.3 is 10.0 Å². The molecule has 1 saturated heterocycles. The van der Waals surface area contributed by atoms with Gasteiger partial charge in [-0.2, -0.15) is 0 Å². The molecule has 1 N–H and O–H groups in total. The quantitative estimate of drug-likeness (QED) is 0.904. The van der Waals surface area contributed by atoms with Crippen molar-refractivity contribution in [2.75, 3.05) is 13.1 Å². The lowest BCUT2D eigenvalue weighted by Crippen LogP contribution is -2.40. The van der Waals surface area contributed by atoms with Gasteiger partial charge in [-0.05, 0) is 30.5 Å². The second-order valence-electron chi connectivity index (χ2n) is 4.80. The number of halogens is 1. The number of aliphatic carboxylic acids is 1. The van der Waals surface area contributed by atoms with Crippen molar-refractivity contribution in [1.29, 1.82) is 0 Å². The highest BCUT2D eigenvalue weighted by Crippen LogP contribution is 2.18. The molecule has 0 radical (unpaired) electrons. The first-order valence-corrected chi connectivity index (χ1v) is 6.31. The van der Waals surface area contributed by atoms with Crippen LogP contribution in [0.2, 0.25) is 0 Å². The Morgan fingerprint density at radius 2 is 1.79 bits per heavy atom. The molecular formula is C14H16FNO3. The molecule has 1 amide bonds. The number of carbonyl (C=O) groups excluding carboxylic acids is 1. The molecule has 102 valence electrons. The summed E-state index contributed by atoms with van der Waals surface area (Å²) in [5.41, 5.74) is 0.770. The Hall–Kier alpha value is -1.91. The third kappa shape index (κ3) is 3.53. The van der Waals surface area contributed by atoms with E-state index in [1.54, 1.807) is 17.0 Å². The van der Waals surface area contributed by atoms with Gasteiger partial charge in [0.25, 0.3) is 0 Å². The minimum atomic E-state index is -0.786. The number of piperidine rings is 1. The average Bonchev–Trinajstić information content (AvgIpc) is 2.41. The number of rotatable bonds is 3. The van der Waals surface area contributed by atoms with Crippen LogP contribution < -0.4 is 0 Å². The van der Waals surface area contributed by atoms with Crippen LogP contribution in [0.3, 0.4) is 0 Å². The molecule has 0 bridgehead atoms. The number of likely N-dealkylation sites (tertiary alicyclic amines) is 1. The molecule has 0 aromatic heterocycles. The number of carboxylic acid groups (broad SMARTS) is 1. The zero-order chi connectivity index (χ0) is 13.8. The van der Waals surface area contributed by atoms with Gasteiger partial charge in [-0.15, -0.1) is 0 Å². The molecule has 1 heterocycles. The lowest BCUT2D eigenvalue weighted by atomic mass is 9.96. The molecule has 19 heavy (non-hydrogen) atoms. The number of amides is 1. The van der Waals surface area contributed by atoms with Crippen molar-refractivity contribution in [3.63, 3.8) is 0 Å². The predicted octanol–water partition coefficient (Wildman–Crippen LogP) is 1.69. The van der Waals surface area contributed by atoms with Crippen LogP contribution in [-0.4, -0.2) is 35.0 Å². The lowest BCUT2D eigenvalue weighted by molar-refractivity contribution is -0.145. The summed E-state index contributed by atoms with van der Waals surface area (Å²) >= 11 is 0. The maximum Gasteiger partial charge on any atom is 0.306 e. The van der Waals surface area contributed by atoms with E-state index in [1.165, 1.54) is 12.1 Å². The fraction of sp³-hybridized carbons (Fsp3) is 0.429. The SMILES string of the molecule is O=C(O)C1CCN(C(=O)Cc2ccc(F)cc2)CC1. The van der Waals surface area contributed by atoms with Crippen LogP contribution in [0.5, 0.6) is 0 Å². The topological polar surface area (TPSA) is 57.6 Å². The fourth-order valence-corrected chi connectivity index (χ4v) is 2.26. The molecule has 1 aliphatic heterocycles. The van der Waals surface area contributed by atoms with Gasteiger partial charge in [0.15, 0.2) is 0 Å². The number of carboxylic acids is 1. The summed E-state index contributed by atoms with van der Waals surface area (Å²) in [6, 6.07) is 5.85. The van der Waals surface area contributed by atoms with Crippen LogP contribution in [0.15, 0.2) is 24.3 Å². The zero-order valence-electron chi connectivity index (χ0n) is 10.5. The molecule has 1 aromatic rings. The Bertz CT molecular complexity index is 464. The lowest BCUT2D eigenvalue weighted by Gasteiger charge is -2.30. The van der Waals surface area contributed by atoms with Gasteiger partial charge >= 0.3 is 5.97 Å². The number of nitrogens with zero attached hydrogens (tertiary/aromatic N) is 1. The van der Waals surface area contributed by atoms with Crippen molar-refractivity contribution in [2.45, 2.75) is 19.3 Å². The predicted molar refractivity (Wildman–Crippen MR) is 67.0 cm³/mol. The van der Waals surface area contributed by atoms with Gasteiger partial charge in [-0.1, -0.05) is 12.1 Å². The van der Waals surface area contributed by atoms with Gasteiger partial charge in [0.2, 0.25) is 5.91 Å². The number of carbonyl (C=O) groups is 2. The van der Waals surface area contributed by atoms with Crippen molar-refractivity contribution in [3.05, 3.63) is 35.6 Å². The highest BCUT2D eigenvalue weighted by Gasteiger charge is 2.26. The van der Waals surface area contributed by atoms with Gasteiger partial charge in [0.05, 0.1) is 12.3 Å². The van der Waals surface area contributed by atoms with E-state index in [-0.39, 0.29) is 24.1 Å². The van der Waals surface area contributed by atoms with E-state index in [9.17, 15) is 14.0 Å². The van der Waals surface area contributed by atoms with Crippen LogP contribution >= 0.6 is 0 Å². The summed E-state index contributed by atoms with van der Waals surface area (Å²) in [5.74, 6) is -1.48. The largest absolute Gasteiger partial charge is 0.481 e. The first-order chi connectivity index (χ1) is 9.06. The summed E-state index contributed by atoms with van der Waals surface area (Å²) in [7, 11) is 0. The minimum absolute atomic E-state index is 0.0320. The van der Waals surface area contributed by atoms with Crippen molar-refractivity contribution in [3.8, 4) is 0 Å². The first-order valence-electron chi connectivity index (χ1n) is 6.31. The summed E-state index contributed by atoms with van der Waals surface area (Å²) in [4.78, 5) is 24.5. The molecule has 5 heteroatoms. The fourth-order valence-electron chi connectivity index (χ4n) is 2.26. The Kier molecular flexibility index (Phi) is 4.14. The van der Waals surface area contributed by atoms with E-state index < -0.39 is 5.97 Å². The second-order valence-corrected chi connectivity index (χ2v) is 4.80. The van der Waals surface area contributed by atoms with Crippen LogP contribution in [0.4, 0.5) is 4.39 Å². The first kappa shape index (κ1) is 13.5.